The molecule has 0 aliphatic carbocycles. The summed E-state index contributed by atoms with van der Waals surface area (Å²) < 4.78 is 23.4. The van der Waals surface area contributed by atoms with E-state index in [9.17, 15) is 19.4 Å². The van der Waals surface area contributed by atoms with E-state index in [0.717, 1.165) is 70.6 Å². The minimum Gasteiger partial charge on any atom is -0.756 e. The zero-order valence-corrected chi connectivity index (χ0v) is 55.1. The summed E-state index contributed by atoms with van der Waals surface area (Å²) in [6.07, 6.45) is 87.4. The Morgan fingerprint density at radius 2 is 0.753 bits per heavy atom. The average Bonchev–Trinajstić information content (AvgIpc) is 3.43. The highest BCUT2D eigenvalue weighted by Gasteiger charge is 2.23. The van der Waals surface area contributed by atoms with Crippen LogP contribution in [-0.4, -0.2) is 68.5 Å². The Balaban J connectivity index is 3.91. The van der Waals surface area contributed by atoms with Crippen molar-refractivity contribution >= 4 is 13.7 Å². The summed E-state index contributed by atoms with van der Waals surface area (Å²) in [6, 6.07) is -0.887. The van der Waals surface area contributed by atoms with Crippen molar-refractivity contribution in [3.63, 3.8) is 0 Å². The van der Waals surface area contributed by atoms with E-state index in [1.807, 2.05) is 27.2 Å². The molecule has 0 spiro atoms. The number of amides is 1. The monoisotopic (exact) mass is 1160 g/mol. The number of quaternary nitrogens is 1. The second kappa shape index (κ2) is 62.5. The molecule has 2 N–H and O–H groups in total. The van der Waals surface area contributed by atoms with Crippen molar-refractivity contribution in [2.75, 3.05) is 40.9 Å². The number of aliphatic hydroxyl groups excluding tert-OH is 1. The summed E-state index contributed by atoms with van der Waals surface area (Å²) in [4.78, 5) is 25.6. The summed E-state index contributed by atoms with van der Waals surface area (Å²) in [7, 11) is 1.27. The molecule has 8 nitrogen and oxygen atoms in total. The second-order valence-electron chi connectivity index (χ2n) is 24.9. The van der Waals surface area contributed by atoms with Crippen LogP contribution in [0.15, 0.2) is 72.9 Å². The molecule has 1 amide bonds. The smallest absolute Gasteiger partial charge is 0.268 e. The lowest BCUT2D eigenvalue weighted by Crippen LogP contribution is -2.45. The second-order valence-corrected chi connectivity index (χ2v) is 26.3. The Morgan fingerprint density at radius 1 is 0.444 bits per heavy atom. The lowest BCUT2D eigenvalue weighted by Gasteiger charge is -2.29. The number of phosphoric acid groups is 1. The molecule has 0 aliphatic rings. The predicted molar refractivity (Wildman–Crippen MR) is 353 cm³/mol. The van der Waals surface area contributed by atoms with E-state index in [2.05, 4.69) is 79.9 Å². The highest BCUT2D eigenvalue weighted by atomic mass is 31.2. The predicted octanol–water partition coefficient (Wildman–Crippen LogP) is 21.5. The van der Waals surface area contributed by atoms with Gasteiger partial charge >= 0.3 is 0 Å². The van der Waals surface area contributed by atoms with Gasteiger partial charge in [-0.05, 0) is 64.2 Å². The molecule has 0 aromatic carbocycles. The molecule has 0 aliphatic heterocycles. The molecule has 81 heavy (non-hydrogen) atoms. The van der Waals surface area contributed by atoms with Gasteiger partial charge in [0.25, 0.3) is 7.82 Å². The minimum atomic E-state index is -4.60. The van der Waals surface area contributed by atoms with E-state index in [0.29, 0.717) is 17.4 Å². The molecule has 3 atom stereocenters. The third-order valence-electron chi connectivity index (χ3n) is 15.7. The van der Waals surface area contributed by atoms with Crippen molar-refractivity contribution in [2.24, 2.45) is 0 Å². The Kier molecular flexibility index (Phi) is 60.9. The Hall–Kier alpha value is -2.06. The maximum atomic E-state index is 13.0. The van der Waals surface area contributed by atoms with E-state index >= 15 is 0 Å². The number of unbranched alkanes of at least 4 members (excludes halogenated alkanes) is 41. The third-order valence-corrected chi connectivity index (χ3v) is 16.6. The highest BCUT2D eigenvalue weighted by molar-refractivity contribution is 7.45. The average molecular weight is 1160 g/mol. The molecule has 0 saturated heterocycles. The Labute approximate surface area is 504 Å². The lowest BCUT2D eigenvalue weighted by atomic mass is 10.0. The number of allylic oxidation sites excluding steroid dienone is 11. The first-order valence-corrected chi connectivity index (χ1v) is 36.3. The zero-order chi connectivity index (χ0) is 59.1. The van der Waals surface area contributed by atoms with Crippen LogP contribution in [0.25, 0.3) is 0 Å². The van der Waals surface area contributed by atoms with Crippen LogP contribution in [0.3, 0.4) is 0 Å². The van der Waals surface area contributed by atoms with Gasteiger partial charge in [0.05, 0.1) is 39.9 Å². The van der Waals surface area contributed by atoms with Gasteiger partial charge in [-0.1, -0.05) is 331 Å². The highest BCUT2D eigenvalue weighted by Crippen LogP contribution is 2.38. The maximum Gasteiger partial charge on any atom is 0.268 e. The van der Waals surface area contributed by atoms with Gasteiger partial charge in [0.15, 0.2) is 0 Å². The van der Waals surface area contributed by atoms with Crippen LogP contribution in [0.5, 0.6) is 0 Å². The third kappa shape index (κ3) is 65.3. The summed E-state index contributed by atoms with van der Waals surface area (Å²) >= 11 is 0. The van der Waals surface area contributed by atoms with Crippen molar-refractivity contribution in [2.45, 2.75) is 341 Å². The van der Waals surface area contributed by atoms with Gasteiger partial charge in [-0.2, -0.15) is 0 Å². The van der Waals surface area contributed by atoms with E-state index in [4.69, 9.17) is 9.05 Å². The molecular formula is C72H135N2O6P. The summed E-state index contributed by atoms with van der Waals surface area (Å²) in [5.41, 5.74) is 0. The molecule has 0 bridgehead atoms. The Morgan fingerprint density at radius 3 is 1.10 bits per heavy atom. The van der Waals surface area contributed by atoms with E-state index in [1.165, 1.54) is 238 Å². The van der Waals surface area contributed by atoms with Crippen molar-refractivity contribution in [3.8, 4) is 0 Å². The van der Waals surface area contributed by atoms with Gasteiger partial charge in [-0.3, -0.25) is 9.36 Å². The van der Waals surface area contributed by atoms with Crippen molar-refractivity contribution in [3.05, 3.63) is 72.9 Å². The number of hydrogen-bond acceptors (Lipinski definition) is 6. The van der Waals surface area contributed by atoms with E-state index < -0.39 is 20.0 Å². The quantitative estimate of drug-likeness (QED) is 0.0272. The first-order chi connectivity index (χ1) is 39.5. The number of likely N-dealkylation sites (N-methyl/N-ethyl adjacent to an activating group) is 1. The molecule has 0 aromatic heterocycles. The van der Waals surface area contributed by atoms with Crippen LogP contribution < -0.4 is 10.2 Å². The number of phosphoric ester groups is 1. The standard InChI is InChI=1S/C72H135N2O6P/c1-6-8-10-12-14-16-18-20-22-24-26-27-28-29-30-31-32-33-34-35-36-37-38-39-40-41-42-43-44-45-46-47-48-50-52-54-56-58-60-62-64-66-72(76)73-70(69-80-81(77,78)79-68-67-74(3,4)5)71(75)65-63-61-59-57-55-53-51-49-25-23-21-19-17-15-13-11-9-7-2/h8,10,14,16,20,22,26-27,29-30,63,65,70-71,75H,6-7,9,11-13,15,17-19,21,23-25,28,31-62,64,66-69H2,1-5H3,(H-,73,76,77,78)/b10-8-,16-14-,22-20-,27-26-,30-29-,65-63+. The lowest BCUT2D eigenvalue weighted by molar-refractivity contribution is -0.870. The molecule has 3 unspecified atom stereocenters. The summed E-state index contributed by atoms with van der Waals surface area (Å²) in [5, 5.41) is 13.9. The molecule has 0 saturated carbocycles. The minimum absolute atomic E-state index is 0.00000262. The van der Waals surface area contributed by atoms with Crippen LogP contribution in [-0.2, 0) is 18.4 Å². The molecular weight excluding hydrogens is 1020 g/mol. The van der Waals surface area contributed by atoms with Gasteiger partial charge in [-0.25, -0.2) is 0 Å². The number of nitrogens with zero attached hydrogens (tertiary/aromatic N) is 1. The Bertz CT molecular complexity index is 1550. The molecule has 0 aromatic rings. The molecule has 474 valence electrons. The van der Waals surface area contributed by atoms with Gasteiger partial charge in [0, 0.05) is 6.42 Å². The fourth-order valence-electron chi connectivity index (χ4n) is 10.3. The summed E-state index contributed by atoms with van der Waals surface area (Å²) in [6.45, 7) is 4.57. The van der Waals surface area contributed by atoms with E-state index in [-0.39, 0.29) is 19.1 Å². The van der Waals surface area contributed by atoms with Crippen LogP contribution in [0.2, 0.25) is 0 Å². The van der Waals surface area contributed by atoms with Crippen molar-refractivity contribution < 1.29 is 32.9 Å². The topological polar surface area (TPSA) is 108 Å². The molecule has 0 heterocycles. The molecule has 0 rings (SSSR count). The van der Waals surface area contributed by atoms with Crippen molar-refractivity contribution in [1.82, 2.24) is 5.32 Å². The zero-order valence-electron chi connectivity index (χ0n) is 54.2. The van der Waals surface area contributed by atoms with E-state index in [1.54, 1.807) is 6.08 Å². The largest absolute Gasteiger partial charge is 0.756 e. The van der Waals surface area contributed by atoms with Gasteiger partial charge in [-0.15, -0.1) is 0 Å². The fraction of sp³-hybridized carbons (Fsp3) is 0.819. The number of carbonyl (C=O) groups excluding carboxylic acids is 1. The fourth-order valence-corrected chi connectivity index (χ4v) is 11.0. The van der Waals surface area contributed by atoms with Gasteiger partial charge < -0.3 is 28.8 Å². The van der Waals surface area contributed by atoms with Crippen molar-refractivity contribution in [1.29, 1.82) is 0 Å². The SMILES string of the molecule is CC/C=C\C/C=C\C/C=C\C/C=C\C/C=C\CCCCCCCCCCCCCCCCCCCCCCCCCCCC(=O)NC(COP(=O)([O-])OCC[N+](C)(C)C)C(O)/C=C/CCCCCCCCCCCCCCCCCC. The number of aliphatic hydroxyl groups is 1. The number of carbonyl (C=O) groups is 1. The van der Waals surface area contributed by atoms with Gasteiger partial charge in [0.2, 0.25) is 5.91 Å². The number of hydrogen-bond donors (Lipinski definition) is 2. The van der Waals surface area contributed by atoms with Crippen LogP contribution in [0, 0.1) is 0 Å². The number of rotatable bonds is 64. The maximum absolute atomic E-state index is 13.0. The normalized spacial score (nSPS) is 14.1. The van der Waals surface area contributed by atoms with Crippen LogP contribution in [0.4, 0.5) is 0 Å². The first kappa shape index (κ1) is 78.9. The van der Waals surface area contributed by atoms with Crippen LogP contribution in [0.1, 0.15) is 328 Å². The molecule has 0 radical (unpaired) electrons. The molecule has 0 fully saturated rings. The molecule has 9 heteroatoms. The van der Waals surface area contributed by atoms with Crippen LogP contribution >= 0.6 is 7.82 Å². The van der Waals surface area contributed by atoms with Gasteiger partial charge in [0.1, 0.15) is 13.2 Å². The first-order valence-electron chi connectivity index (χ1n) is 34.8. The number of nitrogens with one attached hydrogen (secondary N) is 1. The summed E-state index contributed by atoms with van der Waals surface area (Å²) in [5.74, 6) is -0.192.